The van der Waals surface area contributed by atoms with E-state index in [9.17, 15) is 9.59 Å². The van der Waals surface area contributed by atoms with Gasteiger partial charge < -0.3 is 10.2 Å². The van der Waals surface area contributed by atoms with Crippen LogP contribution < -0.4 is 5.32 Å². The minimum Gasteiger partial charge on any atom is -0.352 e. The van der Waals surface area contributed by atoms with Gasteiger partial charge in [-0.3, -0.25) is 9.59 Å². The zero-order valence-electron chi connectivity index (χ0n) is 21.7. The molecule has 0 saturated heterocycles. The van der Waals surface area contributed by atoms with Crippen molar-refractivity contribution in [3.05, 3.63) is 99.5 Å². The van der Waals surface area contributed by atoms with Gasteiger partial charge in [-0.1, -0.05) is 90.1 Å². The van der Waals surface area contributed by atoms with Crippen LogP contribution in [0, 0.1) is 6.92 Å². The summed E-state index contributed by atoms with van der Waals surface area (Å²) in [5, 5.41) is 4.20. The number of halogens is 2. The molecule has 7 heteroatoms. The zero-order chi connectivity index (χ0) is 26.9. The lowest BCUT2D eigenvalue weighted by Gasteiger charge is -2.33. The van der Waals surface area contributed by atoms with Gasteiger partial charge in [0.1, 0.15) is 6.04 Å². The Hall–Kier alpha value is -2.47. The summed E-state index contributed by atoms with van der Waals surface area (Å²) in [6.45, 7) is 2.22. The minimum absolute atomic E-state index is 0.0944. The monoisotopic (exact) mass is 568 g/mol. The molecule has 4 nitrogen and oxygen atoms in total. The number of carbonyl (C=O) groups is 2. The Kier molecular flexibility index (Phi) is 10.6. The molecular formula is C31H34Cl2N2O2S. The van der Waals surface area contributed by atoms with Crippen molar-refractivity contribution >= 4 is 46.8 Å². The van der Waals surface area contributed by atoms with E-state index in [0.29, 0.717) is 34.2 Å². The molecule has 2 amide bonds. The summed E-state index contributed by atoms with van der Waals surface area (Å²) in [6, 6.07) is 22.9. The van der Waals surface area contributed by atoms with E-state index >= 15 is 0 Å². The second kappa shape index (κ2) is 14.1. The lowest BCUT2D eigenvalue weighted by molar-refractivity contribution is -0.141. The molecule has 200 valence electrons. The average Bonchev–Trinajstić information content (AvgIpc) is 3.42. The molecule has 1 aliphatic carbocycles. The van der Waals surface area contributed by atoms with Crippen LogP contribution in [-0.2, 0) is 22.6 Å². The van der Waals surface area contributed by atoms with E-state index in [0.717, 1.165) is 36.1 Å². The molecule has 0 unspecified atom stereocenters. The van der Waals surface area contributed by atoms with Crippen LogP contribution in [0.1, 0.15) is 48.8 Å². The molecule has 1 fully saturated rings. The molecule has 4 rings (SSSR count). The van der Waals surface area contributed by atoms with Gasteiger partial charge in [0, 0.05) is 51.7 Å². The van der Waals surface area contributed by atoms with Crippen molar-refractivity contribution in [3.63, 3.8) is 0 Å². The molecule has 1 saturated carbocycles. The average molecular weight is 570 g/mol. The molecule has 0 heterocycles. The third-order valence-electron chi connectivity index (χ3n) is 6.97. The van der Waals surface area contributed by atoms with Crippen molar-refractivity contribution < 1.29 is 9.59 Å². The van der Waals surface area contributed by atoms with Crippen LogP contribution in [0.4, 0.5) is 0 Å². The topological polar surface area (TPSA) is 49.4 Å². The lowest BCUT2D eigenvalue weighted by atomic mass is 10.0. The fourth-order valence-electron chi connectivity index (χ4n) is 4.81. The number of carbonyl (C=O) groups excluding carboxylic acids is 2. The number of benzene rings is 3. The van der Waals surface area contributed by atoms with Crippen LogP contribution in [0.3, 0.4) is 0 Å². The number of amides is 2. The van der Waals surface area contributed by atoms with Crippen molar-refractivity contribution in [2.45, 2.75) is 69.0 Å². The Morgan fingerprint density at radius 2 is 1.61 bits per heavy atom. The van der Waals surface area contributed by atoms with Crippen molar-refractivity contribution in [3.8, 4) is 0 Å². The van der Waals surface area contributed by atoms with Crippen molar-refractivity contribution in [2.75, 3.05) is 5.75 Å². The number of nitrogens with one attached hydrogen (secondary N) is 1. The van der Waals surface area contributed by atoms with E-state index in [-0.39, 0.29) is 24.4 Å². The highest BCUT2D eigenvalue weighted by Gasteiger charge is 2.32. The molecule has 1 N–H and O–H groups in total. The first-order chi connectivity index (χ1) is 18.4. The Labute approximate surface area is 240 Å². The summed E-state index contributed by atoms with van der Waals surface area (Å²) in [5.74, 6) is 0.392. The number of aryl methyl sites for hydroxylation is 1. The van der Waals surface area contributed by atoms with Crippen LogP contribution in [0.2, 0.25) is 10.0 Å². The number of rotatable bonds is 11. The zero-order valence-corrected chi connectivity index (χ0v) is 24.0. The first-order valence-corrected chi connectivity index (χ1v) is 14.9. The molecule has 0 aliphatic heterocycles. The van der Waals surface area contributed by atoms with Gasteiger partial charge in [-0.25, -0.2) is 0 Å². The van der Waals surface area contributed by atoms with Crippen molar-refractivity contribution in [1.29, 1.82) is 0 Å². The summed E-state index contributed by atoms with van der Waals surface area (Å²) >= 11 is 14.7. The molecular weight excluding hydrogens is 535 g/mol. The predicted octanol–water partition coefficient (Wildman–Crippen LogP) is 7.48. The second-order valence-corrected chi connectivity index (χ2v) is 11.8. The molecule has 1 aliphatic rings. The van der Waals surface area contributed by atoms with Gasteiger partial charge in [-0.05, 0) is 49.6 Å². The first-order valence-electron chi connectivity index (χ1n) is 13.2. The standard InChI is InChI=1S/C31H34Cl2N2O2S/c1-22-14-16-25(17-15-22)38-19-18-30(36)35(21-26-27(32)12-7-13-28(26)33)29(20-23-8-3-2-4-9-23)31(37)34-24-10-5-6-11-24/h2-4,7-9,12-17,24,29H,5-6,10-11,18-21H2,1H3,(H,34,37)/t29-/m1/s1. The van der Waals surface area contributed by atoms with Crippen molar-refractivity contribution in [1.82, 2.24) is 10.2 Å². The van der Waals surface area contributed by atoms with Gasteiger partial charge in [-0.15, -0.1) is 11.8 Å². The summed E-state index contributed by atoms with van der Waals surface area (Å²) in [7, 11) is 0. The molecule has 3 aromatic rings. The number of thioether (sulfide) groups is 1. The van der Waals surface area contributed by atoms with Crippen LogP contribution in [0.25, 0.3) is 0 Å². The third-order valence-corrected chi connectivity index (χ3v) is 8.69. The van der Waals surface area contributed by atoms with Gasteiger partial charge >= 0.3 is 0 Å². The summed E-state index contributed by atoms with van der Waals surface area (Å²) in [4.78, 5) is 30.4. The molecule has 1 atom stereocenters. The van der Waals surface area contributed by atoms with Gasteiger partial charge in [0.15, 0.2) is 0 Å². The number of hydrogen-bond acceptors (Lipinski definition) is 3. The molecule has 0 aromatic heterocycles. The highest BCUT2D eigenvalue weighted by molar-refractivity contribution is 7.99. The maximum absolute atomic E-state index is 13.8. The Morgan fingerprint density at radius 1 is 0.947 bits per heavy atom. The maximum Gasteiger partial charge on any atom is 0.243 e. The molecule has 3 aromatic carbocycles. The predicted molar refractivity (Wildman–Crippen MR) is 158 cm³/mol. The Balaban J connectivity index is 1.59. The largest absolute Gasteiger partial charge is 0.352 e. The minimum atomic E-state index is -0.679. The highest BCUT2D eigenvalue weighted by Crippen LogP contribution is 2.28. The number of nitrogens with zero attached hydrogens (tertiary/aromatic N) is 1. The summed E-state index contributed by atoms with van der Waals surface area (Å²) < 4.78 is 0. The second-order valence-electron chi connectivity index (χ2n) is 9.83. The fourth-order valence-corrected chi connectivity index (χ4v) is 6.17. The smallest absolute Gasteiger partial charge is 0.243 e. The Bertz CT molecular complexity index is 1190. The molecule has 0 radical (unpaired) electrons. The first kappa shape index (κ1) is 28.5. The van der Waals surface area contributed by atoms with E-state index in [1.165, 1.54) is 5.56 Å². The van der Waals surface area contributed by atoms with E-state index in [4.69, 9.17) is 23.2 Å². The van der Waals surface area contributed by atoms with Crippen LogP contribution in [0.15, 0.2) is 77.7 Å². The van der Waals surface area contributed by atoms with Crippen LogP contribution in [-0.4, -0.2) is 34.6 Å². The fraction of sp³-hybridized carbons (Fsp3) is 0.355. The Morgan fingerprint density at radius 3 is 2.26 bits per heavy atom. The van der Waals surface area contributed by atoms with Gasteiger partial charge in [-0.2, -0.15) is 0 Å². The van der Waals surface area contributed by atoms with Gasteiger partial charge in [0.05, 0.1) is 0 Å². The molecule has 38 heavy (non-hydrogen) atoms. The third kappa shape index (κ3) is 8.02. The molecule has 0 bridgehead atoms. The summed E-state index contributed by atoms with van der Waals surface area (Å²) in [6.07, 6.45) is 4.88. The quantitative estimate of drug-likeness (QED) is 0.244. The van der Waals surface area contributed by atoms with Crippen molar-refractivity contribution in [2.24, 2.45) is 0 Å². The van der Waals surface area contributed by atoms with E-state index < -0.39 is 6.04 Å². The highest BCUT2D eigenvalue weighted by atomic mass is 35.5. The SMILES string of the molecule is Cc1ccc(SCCC(=O)N(Cc2c(Cl)cccc2Cl)[C@H](Cc2ccccc2)C(=O)NC2CCCC2)cc1. The van der Waals surface area contributed by atoms with E-state index in [1.807, 2.05) is 30.3 Å². The van der Waals surface area contributed by atoms with Crippen LogP contribution in [0.5, 0.6) is 0 Å². The normalized spacial score (nSPS) is 14.3. The molecule has 0 spiro atoms. The maximum atomic E-state index is 13.8. The summed E-state index contributed by atoms with van der Waals surface area (Å²) in [5.41, 5.74) is 2.85. The van der Waals surface area contributed by atoms with Crippen LogP contribution >= 0.6 is 35.0 Å². The lowest BCUT2D eigenvalue weighted by Crippen LogP contribution is -2.52. The van der Waals surface area contributed by atoms with Gasteiger partial charge in [0.25, 0.3) is 0 Å². The number of hydrogen-bond donors (Lipinski definition) is 1. The van der Waals surface area contributed by atoms with E-state index in [2.05, 4.69) is 36.5 Å². The van der Waals surface area contributed by atoms with Gasteiger partial charge in [0.2, 0.25) is 11.8 Å². The van der Waals surface area contributed by atoms with E-state index in [1.54, 1.807) is 34.9 Å².